The first-order chi connectivity index (χ1) is 7.70. The number of nitrogens with zero attached hydrogens (tertiary/aromatic N) is 2. The Labute approximate surface area is 107 Å². The normalized spacial score (nSPS) is 27.2. The summed E-state index contributed by atoms with van der Waals surface area (Å²) in [6.07, 6.45) is 8.46. The van der Waals surface area contributed by atoms with Crippen molar-refractivity contribution in [3.05, 3.63) is 18.0 Å². The average molecular weight is 285 g/mol. The second-order valence-electron chi connectivity index (χ2n) is 4.96. The Morgan fingerprint density at radius 1 is 1.56 bits per heavy atom. The van der Waals surface area contributed by atoms with Gasteiger partial charge < -0.3 is 0 Å². The predicted molar refractivity (Wildman–Crippen MR) is 71.0 cm³/mol. The van der Waals surface area contributed by atoms with Crippen LogP contribution in [0.1, 0.15) is 51.3 Å². The van der Waals surface area contributed by atoms with Gasteiger partial charge in [-0.15, -0.1) is 0 Å². The molecule has 3 atom stereocenters. The van der Waals surface area contributed by atoms with Crippen LogP contribution in [0.5, 0.6) is 0 Å². The third kappa shape index (κ3) is 2.68. The third-order valence-electron chi connectivity index (χ3n) is 3.74. The number of alkyl halides is 1. The van der Waals surface area contributed by atoms with Gasteiger partial charge in [0.1, 0.15) is 0 Å². The summed E-state index contributed by atoms with van der Waals surface area (Å²) in [6, 6.07) is 2.71. The van der Waals surface area contributed by atoms with E-state index < -0.39 is 0 Å². The summed E-state index contributed by atoms with van der Waals surface area (Å²) < 4.78 is 2.10. The fourth-order valence-corrected chi connectivity index (χ4v) is 3.18. The number of hydrogen-bond acceptors (Lipinski definition) is 1. The Morgan fingerprint density at radius 3 is 3.00 bits per heavy atom. The van der Waals surface area contributed by atoms with E-state index in [0.29, 0.717) is 10.9 Å². The lowest BCUT2D eigenvalue weighted by Gasteiger charge is -2.12. The van der Waals surface area contributed by atoms with E-state index in [2.05, 4.69) is 51.8 Å². The van der Waals surface area contributed by atoms with Gasteiger partial charge in [0.05, 0.1) is 5.69 Å². The molecule has 1 aliphatic carbocycles. The Hall–Kier alpha value is -0.310. The van der Waals surface area contributed by atoms with Crippen LogP contribution in [0.25, 0.3) is 0 Å². The topological polar surface area (TPSA) is 17.8 Å². The summed E-state index contributed by atoms with van der Waals surface area (Å²) in [5.74, 6) is 0.792. The van der Waals surface area contributed by atoms with Gasteiger partial charge in [0.15, 0.2) is 0 Å². The summed E-state index contributed by atoms with van der Waals surface area (Å²) in [7, 11) is 0. The standard InChI is InChI=1S/C13H21BrN2/c1-3-10(2)16-8-7-12(15-16)9-11-5-4-6-13(11)14/h7-8,10-11,13H,3-6,9H2,1-2H3. The second-order valence-corrected chi connectivity index (χ2v) is 6.13. The van der Waals surface area contributed by atoms with E-state index in [1.807, 2.05) is 0 Å². The fraction of sp³-hybridized carbons (Fsp3) is 0.769. The highest BCUT2D eigenvalue weighted by molar-refractivity contribution is 9.09. The van der Waals surface area contributed by atoms with Gasteiger partial charge in [-0.2, -0.15) is 5.10 Å². The quantitative estimate of drug-likeness (QED) is 0.766. The molecule has 1 saturated carbocycles. The van der Waals surface area contributed by atoms with Crippen molar-refractivity contribution >= 4 is 15.9 Å². The van der Waals surface area contributed by atoms with Crippen molar-refractivity contribution in [3.8, 4) is 0 Å². The molecule has 16 heavy (non-hydrogen) atoms. The van der Waals surface area contributed by atoms with E-state index in [1.165, 1.54) is 25.0 Å². The first-order valence-corrected chi connectivity index (χ1v) is 7.30. The van der Waals surface area contributed by atoms with Crippen LogP contribution in [0.2, 0.25) is 0 Å². The smallest absolute Gasteiger partial charge is 0.0627 e. The molecule has 2 nitrogen and oxygen atoms in total. The molecule has 1 aliphatic rings. The summed E-state index contributed by atoms with van der Waals surface area (Å²) in [5.41, 5.74) is 1.26. The number of rotatable bonds is 4. The van der Waals surface area contributed by atoms with Gasteiger partial charge in [0, 0.05) is 17.1 Å². The van der Waals surface area contributed by atoms with Crippen molar-refractivity contribution < 1.29 is 0 Å². The van der Waals surface area contributed by atoms with Crippen molar-refractivity contribution in [1.82, 2.24) is 9.78 Å². The van der Waals surface area contributed by atoms with E-state index in [-0.39, 0.29) is 0 Å². The van der Waals surface area contributed by atoms with Crippen molar-refractivity contribution in [2.24, 2.45) is 5.92 Å². The van der Waals surface area contributed by atoms with Gasteiger partial charge in [-0.05, 0) is 44.6 Å². The molecule has 1 heterocycles. The van der Waals surface area contributed by atoms with E-state index >= 15 is 0 Å². The Kier molecular flexibility index (Phi) is 4.06. The molecule has 0 aromatic carbocycles. The SMILES string of the molecule is CCC(C)n1ccc(CC2CCCC2Br)n1. The highest BCUT2D eigenvalue weighted by Gasteiger charge is 2.25. The molecule has 0 aliphatic heterocycles. The molecule has 1 aromatic rings. The summed E-state index contributed by atoms with van der Waals surface area (Å²) in [4.78, 5) is 0.709. The zero-order valence-corrected chi connectivity index (χ0v) is 11.8. The Bertz CT molecular complexity index is 334. The maximum Gasteiger partial charge on any atom is 0.0627 e. The van der Waals surface area contributed by atoms with Crippen LogP contribution in [0.3, 0.4) is 0 Å². The molecule has 2 rings (SSSR count). The van der Waals surface area contributed by atoms with Gasteiger partial charge in [0.2, 0.25) is 0 Å². The summed E-state index contributed by atoms with van der Waals surface area (Å²) in [5, 5.41) is 4.67. The molecule has 0 spiro atoms. The van der Waals surface area contributed by atoms with Crippen LogP contribution in [0, 0.1) is 5.92 Å². The van der Waals surface area contributed by atoms with Crippen LogP contribution in [-0.2, 0) is 6.42 Å². The molecule has 0 amide bonds. The lowest BCUT2D eigenvalue weighted by atomic mass is 10.0. The maximum atomic E-state index is 4.67. The highest BCUT2D eigenvalue weighted by Crippen LogP contribution is 2.33. The Balaban J connectivity index is 1.97. The average Bonchev–Trinajstić information content (AvgIpc) is 2.89. The minimum atomic E-state index is 0.525. The van der Waals surface area contributed by atoms with Crippen molar-refractivity contribution in [3.63, 3.8) is 0 Å². The van der Waals surface area contributed by atoms with Gasteiger partial charge in [-0.1, -0.05) is 29.3 Å². The number of halogens is 1. The molecule has 3 unspecified atom stereocenters. The van der Waals surface area contributed by atoms with Crippen LogP contribution in [-0.4, -0.2) is 14.6 Å². The van der Waals surface area contributed by atoms with Crippen molar-refractivity contribution in [2.45, 2.75) is 56.8 Å². The molecular weight excluding hydrogens is 264 g/mol. The predicted octanol–water partition coefficient (Wildman–Crippen LogP) is 3.96. The van der Waals surface area contributed by atoms with Crippen LogP contribution >= 0.6 is 15.9 Å². The first-order valence-electron chi connectivity index (χ1n) is 6.38. The van der Waals surface area contributed by atoms with Crippen LogP contribution in [0.4, 0.5) is 0 Å². The van der Waals surface area contributed by atoms with Gasteiger partial charge in [0.25, 0.3) is 0 Å². The minimum absolute atomic E-state index is 0.525. The molecule has 0 radical (unpaired) electrons. The zero-order chi connectivity index (χ0) is 11.5. The van der Waals surface area contributed by atoms with E-state index in [4.69, 9.17) is 0 Å². The fourth-order valence-electron chi connectivity index (χ4n) is 2.41. The van der Waals surface area contributed by atoms with Gasteiger partial charge >= 0.3 is 0 Å². The minimum Gasteiger partial charge on any atom is -0.270 e. The largest absolute Gasteiger partial charge is 0.270 e. The monoisotopic (exact) mass is 284 g/mol. The molecule has 1 aromatic heterocycles. The van der Waals surface area contributed by atoms with Crippen LogP contribution in [0.15, 0.2) is 12.3 Å². The van der Waals surface area contributed by atoms with Crippen molar-refractivity contribution in [2.75, 3.05) is 0 Å². The first kappa shape index (κ1) is 12.2. The second kappa shape index (κ2) is 5.35. The molecule has 1 fully saturated rings. The molecule has 0 N–H and O–H groups in total. The van der Waals surface area contributed by atoms with Gasteiger partial charge in [-0.3, -0.25) is 4.68 Å². The summed E-state index contributed by atoms with van der Waals surface area (Å²) in [6.45, 7) is 4.43. The van der Waals surface area contributed by atoms with E-state index in [9.17, 15) is 0 Å². The van der Waals surface area contributed by atoms with Crippen LogP contribution < -0.4 is 0 Å². The molecule has 90 valence electrons. The summed E-state index contributed by atoms with van der Waals surface area (Å²) >= 11 is 3.78. The van der Waals surface area contributed by atoms with Crippen molar-refractivity contribution in [1.29, 1.82) is 0 Å². The number of aromatic nitrogens is 2. The van der Waals surface area contributed by atoms with Gasteiger partial charge in [-0.25, -0.2) is 0 Å². The van der Waals surface area contributed by atoms with E-state index in [0.717, 1.165) is 18.8 Å². The zero-order valence-electron chi connectivity index (χ0n) is 10.2. The van der Waals surface area contributed by atoms with E-state index in [1.54, 1.807) is 0 Å². The molecular formula is C13H21BrN2. The molecule has 0 bridgehead atoms. The lowest BCUT2D eigenvalue weighted by Crippen LogP contribution is -2.11. The highest BCUT2D eigenvalue weighted by atomic mass is 79.9. The Morgan fingerprint density at radius 2 is 2.38 bits per heavy atom. The lowest BCUT2D eigenvalue weighted by molar-refractivity contribution is 0.466. The number of hydrogen-bond donors (Lipinski definition) is 0. The molecule has 3 heteroatoms. The molecule has 0 saturated heterocycles. The maximum absolute atomic E-state index is 4.67. The third-order valence-corrected chi connectivity index (χ3v) is 4.95.